The Balaban J connectivity index is 1.85. The van der Waals surface area contributed by atoms with Gasteiger partial charge < -0.3 is 14.6 Å². The van der Waals surface area contributed by atoms with Gasteiger partial charge in [-0.25, -0.2) is 9.59 Å². The Hall–Kier alpha value is -3.06. The highest BCUT2D eigenvalue weighted by molar-refractivity contribution is 5.85. The van der Waals surface area contributed by atoms with E-state index in [1.807, 2.05) is 36.4 Å². The van der Waals surface area contributed by atoms with Gasteiger partial charge in [-0.2, -0.15) is 0 Å². The molecule has 7 nitrogen and oxygen atoms in total. The molecular formula is C20H24N2O5. The minimum atomic E-state index is -0.541. The molecule has 0 heterocycles. The molecule has 3 N–H and O–H groups in total. The van der Waals surface area contributed by atoms with Crippen LogP contribution in [0.25, 0.3) is 0 Å². The molecule has 0 aliphatic carbocycles. The lowest BCUT2D eigenvalue weighted by Gasteiger charge is -2.08. The Labute approximate surface area is 158 Å². The van der Waals surface area contributed by atoms with E-state index < -0.39 is 12.2 Å². The summed E-state index contributed by atoms with van der Waals surface area (Å²) in [6.07, 6.45) is 0.130. The summed E-state index contributed by atoms with van der Waals surface area (Å²) in [7, 11) is 0. The monoisotopic (exact) mass is 372 g/mol. The van der Waals surface area contributed by atoms with Crippen molar-refractivity contribution in [1.82, 2.24) is 0 Å². The standard InChI is InChI=1S/C20H24N2O5/c1-2-26-19(24)21-17-8-4-15(5-9-17)14-16-6-10-18(11-7-16)22-20(25)27-13-3-12-23/h4-11,23H,2-3,12-14H2,1H3,(H,21,24)(H,22,25). The van der Waals surface area contributed by atoms with Crippen LogP contribution in [0.3, 0.4) is 0 Å². The number of amides is 2. The third kappa shape index (κ3) is 7.37. The minimum Gasteiger partial charge on any atom is -0.450 e. The van der Waals surface area contributed by atoms with Crippen molar-refractivity contribution in [3.8, 4) is 0 Å². The van der Waals surface area contributed by atoms with Crippen LogP contribution in [0.5, 0.6) is 0 Å². The van der Waals surface area contributed by atoms with Gasteiger partial charge in [-0.15, -0.1) is 0 Å². The summed E-state index contributed by atoms with van der Waals surface area (Å²) in [6.45, 7) is 2.25. The molecule has 2 amide bonds. The van der Waals surface area contributed by atoms with E-state index in [1.165, 1.54) is 0 Å². The predicted octanol–water partition coefficient (Wildman–Crippen LogP) is 3.78. The average molecular weight is 372 g/mol. The van der Waals surface area contributed by atoms with Crippen LogP contribution in [0.1, 0.15) is 24.5 Å². The molecule has 0 saturated heterocycles. The van der Waals surface area contributed by atoms with Gasteiger partial charge in [0.25, 0.3) is 0 Å². The summed E-state index contributed by atoms with van der Waals surface area (Å²) in [6, 6.07) is 15.0. The Bertz CT molecular complexity index is 729. The molecule has 0 aliphatic rings. The zero-order valence-corrected chi connectivity index (χ0v) is 15.2. The van der Waals surface area contributed by atoms with Crippen LogP contribution in [0.4, 0.5) is 21.0 Å². The van der Waals surface area contributed by atoms with Crippen molar-refractivity contribution in [2.24, 2.45) is 0 Å². The number of benzene rings is 2. The molecule has 0 aliphatic heterocycles. The first kappa shape index (κ1) is 20.3. The first-order valence-electron chi connectivity index (χ1n) is 8.77. The van der Waals surface area contributed by atoms with E-state index in [-0.39, 0.29) is 13.2 Å². The van der Waals surface area contributed by atoms with Gasteiger partial charge in [-0.1, -0.05) is 24.3 Å². The van der Waals surface area contributed by atoms with Gasteiger partial charge in [0, 0.05) is 24.4 Å². The van der Waals surface area contributed by atoms with Crippen molar-refractivity contribution in [3.63, 3.8) is 0 Å². The lowest BCUT2D eigenvalue weighted by atomic mass is 10.0. The maximum Gasteiger partial charge on any atom is 0.411 e. The van der Waals surface area contributed by atoms with Gasteiger partial charge in [0.1, 0.15) is 0 Å². The van der Waals surface area contributed by atoms with Crippen LogP contribution in [0, 0.1) is 0 Å². The fraction of sp³-hybridized carbons (Fsp3) is 0.300. The summed E-state index contributed by atoms with van der Waals surface area (Å²) in [5, 5.41) is 13.9. The number of aliphatic hydroxyl groups excluding tert-OH is 1. The molecule has 0 atom stereocenters. The van der Waals surface area contributed by atoms with Crippen molar-refractivity contribution >= 4 is 23.6 Å². The summed E-state index contributed by atoms with van der Waals surface area (Å²) >= 11 is 0. The molecule has 0 saturated carbocycles. The second-order valence-corrected chi connectivity index (χ2v) is 5.75. The number of hydrogen-bond donors (Lipinski definition) is 3. The zero-order chi connectivity index (χ0) is 19.5. The number of carbonyl (C=O) groups is 2. The predicted molar refractivity (Wildman–Crippen MR) is 103 cm³/mol. The highest BCUT2D eigenvalue weighted by atomic mass is 16.6. The highest BCUT2D eigenvalue weighted by Crippen LogP contribution is 2.16. The van der Waals surface area contributed by atoms with Crippen molar-refractivity contribution in [3.05, 3.63) is 59.7 Å². The first-order chi connectivity index (χ1) is 13.1. The molecule has 2 aromatic rings. The van der Waals surface area contributed by atoms with Crippen LogP contribution in [0.2, 0.25) is 0 Å². The van der Waals surface area contributed by atoms with Gasteiger partial charge >= 0.3 is 12.2 Å². The van der Waals surface area contributed by atoms with Gasteiger partial charge in [0.05, 0.1) is 13.2 Å². The van der Waals surface area contributed by atoms with Gasteiger partial charge in [0.15, 0.2) is 0 Å². The van der Waals surface area contributed by atoms with Crippen molar-refractivity contribution in [1.29, 1.82) is 0 Å². The Morgan fingerprint density at radius 2 is 1.33 bits per heavy atom. The second-order valence-electron chi connectivity index (χ2n) is 5.75. The average Bonchev–Trinajstić information content (AvgIpc) is 2.65. The second kappa shape index (κ2) is 10.8. The molecule has 144 valence electrons. The van der Waals surface area contributed by atoms with E-state index in [9.17, 15) is 9.59 Å². The van der Waals surface area contributed by atoms with Gasteiger partial charge in [-0.3, -0.25) is 10.6 Å². The number of anilines is 2. The molecule has 27 heavy (non-hydrogen) atoms. The molecule has 0 bridgehead atoms. The topological polar surface area (TPSA) is 96.9 Å². The summed E-state index contributed by atoms with van der Waals surface area (Å²) < 4.78 is 9.75. The fourth-order valence-electron chi connectivity index (χ4n) is 2.32. The zero-order valence-electron chi connectivity index (χ0n) is 15.2. The highest BCUT2D eigenvalue weighted by Gasteiger charge is 2.04. The maximum atomic E-state index is 11.6. The van der Waals surface area contributed by atoms with Crippen LogP contribution in [-0.4, -0.2) is 37.1 Å². The lowest BCUT2D eigenvalue weighted by Crippen LogP contribution is -2.14. The van der Waals surface area contributed by atoms with E-state index in [0.29, 0.717) is 24.4 Å². The van der Waals surface area contributed by atoms with Crippen molar-refractivity contribution < 1.29 is 24.2 Å². The van der Waals surface area contributed by atoms with Gasteiger partial charge in [-0.05, 0) is 48.7 Å². The van der Waals surface area contributed by atoms with E-state index >= 15 is 0 Å². The Morgan fingerprint density at radius 3 is 1.78 bits per heavy atom. The number of hydrogen-bond acceptors (Lipinski definition) is 5. The molecule has 2 aromatic carbocycles. The molecule has 0 aromatic heterocycles. The van der Waals surface area contributed by atoms with E-state index in [2.05, 4.69) is 10.6 Å². The quantitative estimate of drug-likeness (QED) is 0.613. The number of ether oxygens (including phenoxy) is 2. The number of carbonyl (C=O) groups excluding carboxylic acids is 2. The molecule has 0 fully saturated rings. The SMILES string of the molecule is CCOC(=O)Nc1ccc(Cc2ccc(NC(=O)OCCCO)cc2)cc1. The normalized spacial score (nSPS) is 10.1. The maximum absolute atomic E-state index is 11.6. The fourth-order valence-corrected chi connectivity index (χ4v) is 2.32. The van der Waals surface area contributed by atoms with E-state index in [0.717, 1.165) is 17.5 Å². The largest absolute Gasteiger partial charge is 0.450 e. The minimum absolute atomic E-state index is 0.0121. The summed E-state index contributed by atoms with van der Waals surface area (Å²) in [5.74, 6) is 0. The van der Waals surface area contributed by atoms with Crippen LogP contribution < -0.4 is 10.6 Å². The third-order valence-electron chi connectivity index (χ3n) is 3.62. The van der Waals surface area contributed by atoms with Crippen molar-refractivity contribution in [2.75, 3.05) is 30.5 Å². The summed E-state index contributed by atoms with van der Waals surface area (Å²) in [5.41, 5.74) is 3.49. The molecule has 0 spiro atoms. The van der Waals surface area contributed by atoms with Gasteiger partial charge in [0.2, 0.25) is 0 Å². The Kier molecular flexibility index (Phi) is 8.12. The molecular weight excluding hydrogens is 348 g/mol. The number of aliphatic hydroxyl groups is 1. The molecule has 2 rings (SSSR count). The lowest BCUT2D eigenvalue weighted by molar-refractivity contribution is 0.149. The smallest absolute Gasteiger partial charge is 0.411 e. The molecule has 0 unspecified atom stereocenters. The summed E-state index contributed by atoms with van der Waals surface area (Å²) in [4.78, 5) is 22.9. The van der Waals surface area contributed by atoms with Crippen LogP contribution in [0.15, 0.2) is 48.5 Å². The third-order valence-corrected chi connectivity index (χ3v) is 3.62. The van der Waals surface area contributed by atoms with Crippen LogP contribution in [-0.2, 0) is 15.9 Å². The number of rotatable bonds is 8. The number of nitrogens with one attached hydrogen (secondary N) is 2. The van der Waals surface area contributed by atoms with Crippen LogP contribution >= 0.6 is 0 Å². The molecule has 7 heteroatoms. The van der Waals surface area contributed by atoms with Crippen molar-refractivity contribution in [2.45, 2.75) is 19.8 Å². The first-order valence-corrected chi connectivity index (χ1v) is 8.77. The van der Waals surface area contributed by atoms with E-state index in [4.69, 9.17) is 14.6 Å². The Morgan fingerprint density at radius 1 is 0.852 bits per heavy atom. The molecule has 0 radical (unpaired) electrons. The van der Waals surface area contributed by atoms with E-state index in [1.54, 1.807) is 19.1 Å².